The highest BCUT2D eigenvalue weighted by Crippen LogP contribution is 2.15. The molecule has 0 bridgehead atoms. The van der Waals surface area contributed by atoms with Gasteiger partial charge in [0.25, 0.3) is 5.91 Å². The summed E-state index contributed by atoms with van der Waals surface area (Å²) >= 11 is 0. The van der Waals surface area contributed by atoms with Crippen molar-refractivity contribution in [1.82, 2.24) is 19.0 Å². The van der Waals surface area contributed by atoms with Gasteiger partial charge in [-0.2, -0.15) is 9.40 Å². The number of benzene rings is 1. The molecule has 25 heavy (non-hydrogen) atoms. The molecule has 0 radical (unpaired) electrons. The van der Waals surface area contributed by atoms with Crippen molar-refractivity contribution in [3.8, 4) is 0 Å². The second-order valence-corrected chi connectivity index (χ2v) is 7.99. The van der Waals surface area contributed by atoms with Gasteiger partial charge in [0.1, 0.15) is 0 Å². The molecule has 2 aromatic rings. The molecule has 1 aliphatic heterocycles. The second kappa shape index (κ2) is 7.37. The Morgan fingerprint density at radius 3 is 2.40 bits per heavy atom. The zero-order chi connectivity index (χ0) is 17.9. The molecule has 0 saturated carbocycles. The fraction of sp³-hybridized carbons (Fsp3) is 0.412. The summed E-state index contributed by atoms with van der Waals surface area (Å²) in [4.78, 5) is 14.2. The topological polar surface area (TPSA) is 75.5 Å². The lowest BCUT2D eigenvalue weighted by Crippen LogP contribution is -2.50. The van der Waals surface area contributed by atoms with Crippen molar-refractivity contribution in [3.05, 3.63) is 53.9 Å². The minimum absolute atomic E-state index is 0.00887. The average Bonchev–Trinajstić information content (AvgIpc) is 3.11. The van der Waals surface area contributed by atoms with E-state index in [1.807, 2.05) is 37.3 Å². The molecule has 1 aliphatic rings. The van der Waals surface area contributed by atoms with Crippen LogP contribution in [0.5, 0.6) is 0 Å². The molecule has 1 amide bonds. The highest BCUT2D eigenvalue weighted by Gasteiger charge is 2.29. The summed E-state index contributed by atoms with van der Waals surface area (Å²) in [7, 11) is -3.37. The molecule has 1 saturated heterocycles. The van der Waals surface area contributed by atoms with Gasteiger partial charge in [0.05, 0.1) is 17.5 Å². The lowest BCUT2D eigenvalue weighted by Gasteiger charge is -2.33. The Balaban J connectivity index is 1.60. The summed E-state index contributed by atoms with van der Waals surface area (Å²) in [6.07, 6.45) is 3.28. The monoisotopic (exact) mass is 362 g/mol. The van der Waals surface area contributed by atoms with E-state index in [0.717, 1.165) is 5.56 Å². The summed E-state index contributed by atoms with van der Waals surface area (Å²) in [5, 5.41) is 4.11. The number of nitrogens with zero attached hydrogens (tertiary/aromatic N) is 4. The highest BCUT2D eigenvalue weighted by molar-refractivity contribution is 7.88. The Morgan fingerprint density at radius 1 is 1.12 bits per heavy atom. The van der Waals surface area contributed by atoms with E-state index in [1.54, 1.807) is 22.0 Å². The van der Waals surface area contributed by atoms with Gasteiger partial charge in [0.15, 0.2) is 0 Å². The molecule has 0 spiro atoms. The van der Waals surface area contributed by atoms with Crippen molar-refractivity contribution < 1.29 is 13.2 Å². The number of carbonyl (C=O) groups is 1. The zero-order valence-electron chi connectivity index (χ0n) is 14.2. The quantitative estimate of drug-likeness (QED) is 0.801. The molecule has 1 aromatic heterocycles. The molecule has 134 valence electrons. The number of rotatable bonds is 5. The third-order valence-corrected chi connectivity index (χ3v) is 6.17. The Bertz CT molecular complexity index is 825. The maximum absolute atomic E-state index is 12.6. The summed E-state index contributed by atoms with van der Waals surface area (Å²) in [6, 6.07) is 9.14. The van der Waals surface area contributed by atoms with E-state index in [4.69, 9.17) is 0 Å². The van der Waals surface area contributed by atoms with Crippen molar-refractivity contribution >= 4 is 15.9 Å². The molecule has 3 rings (SSSR count). The SMILES string of the molecule is CCn1cc(C(=O)N2CCN(S(=O)(=O)Cc3ccccc3)CC2)cn1. The molecule has 0 atom stereocenters. The van der Waals surface area contributed by atoms with Gasteiger partial charge in [-0.1, -0.05) is 30.3 Å². The molecule has 1 aromatic carbocycles. The molecule has 0 aliphatic carbocycles. The van der Waals surface area contributed by atoms with Crippen LogP contribution in [0.1, 0.15) is 22.8 Å². The fourth-order valence-electron chi connectivity index (χ4n) is 2.88. The minimum Gasteiger partial charge on any atom is -0.336 e. The maximum atomic E-state index is 12.6. The number of aryl methyl sites for hydroxylation is 1. The number of piperazine rings is 1. The predicted octanol–water partition coefficient (Wildman–Crippen LogP) is 1.19. The first-order chi connectivity index (χ1) is 12.0. The number of sulfonamides is 1. The van der Waals surface area contributed by atoms with Crippen LogP contribution < -0.4 is 0 Å². The molecule has 2 heterocycles. The van der Waals surface area contributed by atoms with Gasteiger partial charge >= 0.3 is 0 Å². The van der Waals surface area contributed by atoms with Crippen LogP contribution in [0.15, 0.2) is 42.7 Å². The summed E-state index contributed by atoms with van der Waals surface area (Å²) in [5.74, 6) is -0.106. The molecule has 7 nitrogen and oxygen atoms in total. The predicted molar refractivity (Wildman–Crippen MR) is 94.4 cm³/mol. The van der Waals surface area contributed by atoms with E-state index in [-0.39, 0.29) is 11.7 Å². The van der Waals surface area contributed by atoms with Crippen LogP contribution in [0.4, 0.5) is 0 Å². The number of hydrogen-bond acceptors (Lipinski definition) is 4. The molecular weight excluding hydrogens is 340 g/mol. The van der Waals surface area contributed by atoms with Crippen LogP contribution in [0.25, 0.3) is 0 Å². The molecular formula is C17H22N4O3S. The van der Waals surface area contributed by atoms with E-state index in [0.29, 0.717) is 38.3 Å². The summed E-state index contributed by atoms with van der Waals surface area (Å²) in [5.41, 5.74) is 1.32. The molecule has 1 fully saturated rings. The summed E-state index contributed by atoms with van der Waals surface area (Å²) < 4.78 is 28.3. The van der Waals surface area contributed by atoms with Gasteiger partial charge in [-0.25, -0.2) is 8.42 Å². The lowest BCUT2D eigenvalue weighted by molar-refractivity contribution is 0.0697. The van der Waals surface area contributed by atoms with Crippen LogP contribution in [0.3, 0.4) is 0 Å². The third kappa shape index (κ3) is 4.08. The Labute approximate surface area is 147 Å². The molecule has 0 unspecified atom stereocenters. The number of aromatic nitrogens is 2. The zero-order valence-corrected chi connectivity index (χ0v) is 15.0. The average molecular weight is 362 g/mol. The first-order valence-corrected chi connectivity index (χ1v) is 9.94. The van der Waals surface area contributed by atoms with Gasteiger partial charge < -0.3 is 4.90 Å². The third-order valence-electron chi connectivity index (χ3n) is 4.32. The molecule has 8 heteroatoms. The Hall–Kier alpha value is -2.19. The number of carbonyl (C=O) groups excluding carboxylic acids is 1. The molecule has 0 N–H and O–H groups in total. The first-order valence-electron chi connectivity index (χ1n) is 8.33. The van der Waals surface area contributed by atoms with Gasteiger partial charge in [0, 0.05) is 38.9 Å². The van der Waals surface area contributed by atoms with Crippen molar-refractivity contribution in [2.45, 2.75) is 19.2 Å². The number of amides is 1. The van der Waals surface area contributed by atoms with Gasteiger partial charge in [0.2, 0.25) is 10.0 Å². The smallest absolute Gasteiger partial charge is 0.257 e. The Kier molecular flexibility index (Phi) is 5.19. The lowest BCUT2D eigenvalue weighted by atomic mass is 10.2. The van der Waals surface area contributed by atoms with E-state index < -0.39 is 10.0 Å². The maximum Gasteiger partial charge on any atom is 0.257 e. The number of hydrogen-bond donors (Lipinski definition) is 0. The van der Waals surface area contributed by atoms with Gasteiger partial charge in [-0.3, -0.25) is 9.48 Å². The van der Waals surface area contributed by atoms with Crippen molar-refractivity contribution in [2.75, 3.05) is 26.2 Å². The highest BCUT2D eigenvalue weighted by atomic mass is 32.2. The fourth-order valence-corrected chi connectivity index (χ4v) is 4.39. The van der Waals surface area contributed by atoms with Crippen LogP contribution in [-0.4, -0.2) is 59.5 Å². The van der Waals surface area contributed by atoms with Crippen LogP contribution in [0, 0.1) is 0 Å². The van der Waals surface area contributed by atoms with E-state index in [2.05, 4.69) is 5.10 Å². The van der Waals surface area contributed by atoms with Crippen LogP contribution >= 0.6 is 0 Å². The van der Waals surface area contributed by atoms with Crippen molar-refractivity contribution in [1.29, 1.82) is 0 Å². The first kappa shape index (κ1) is 17.6. The summed E-state index contributed by atoms with van der Waals surface area (Å²) in [6.45, 7) is 4.09. The Morgan fingerprint density at radius 2 is 1.80 bits per heavy atom. The normalized spacial score (nSPS) is 16.1. The largest absolute Gasteiger partial charge is 0.336 e. The van der Waals surface area contributed by atoms with Crippen LogP contribution in [-0.2, 0) is 22.3 Å². The van der Waals surface area contributed by atoms with E-state index >= 15 is 0 Å². The van der Waals surface area contributed by atoms with Crippen molar-refractivity contribution in [3.63, 3.8) is 0 Å². The minimum atomic E-state index is -3.37. The van der Waals surface area contributed by atoms with Gasteiger partial charge in [-0.05, 0) is 12.5 Å². The van der Waals surface area contributed by atoms with Crippen molar-refractivity contribution in [2.24, 2.45) is 0 Å². The second-order valence-electron chi connectivity index (χ2n) is 6.02. The van der Waals surface area contributed by atoms with E-state index in [9.17, 15) is 13.2 Å². The van der Waals surface area contributed by atoms with Gasteiger partial charge in [-0.15, -0.1) is 0 Å². The standard InChI is InChI=1S/C17H22N4O3S/c1-2-20-13-16(12-18-20)17(22)19-8-10-21(11-9-19)25(23,24)14-15-6-4-3-5-7-15/h3-7,12-13H,2,8-11,14H2,1H3. The van der Waals surface area contributed by atoms with E-state index in [1.165, 1.54) is 4.31 Å². The van der Waals surface area contributed by atoms with Crippen LogP contribution in [0.2, 0.25) is 0 Å².